The van der Waals surface area contributed by atoms with Gasteiger partial charge in [0, 0.05) is 26.6 Å². The van der Waals surface area contributed by atoms with Crippen molar-refractivity contribution in [2.75, 3.05) is 37.9 Å². The van der Waals surface area contributed by atoms with Gasteiger partial charge < -0.3 is 21.1 Å². The average Bonchev–Trinajstić information content (AvgIpc) is 2.40. The summed E-state index contributed by atoms with van der Waals surface area (Å²) in [5, 5.41) is 5.28. The Hall–Kier alpha value is -2.03. The Morgan fingerprint density at radius 2 is 2.14 bits per heavy atom. The van der Waals surface area contributed by atoms with Crippen molar-refractivity contribution in [3.8, 4) is 0 Å². The molecule has 1 rings (SSSR count). The highest BCUT2D eigenvalue weighted by Crippen LogP contribution is 2.30. The standard InChI is InChI=1S/C12H17F3N4O2/c1-21-5-4-18-11(20)2-3-17-9-6-10(12(13,14)15)19-7-8(9)16/h6-7H,2-5,16H2,1H3,(H,17,19)(H,18,20). The van der Waals surface area contributed by atoms with Crippen LogP contribution in [0.2, 0.25) is 0 Å². The molecule has 1 heterocycles. The number of nitrogens with two attached hydrogens (primary N) is 1. The molecule has 0 saturated heterocycles. The number of methoxy groups -OCH3 is 1. The van der Waals surface area contributed by atoms with Gasteiger partial charge in [-0.25, -0.2) is 4.98 Å². The number of nitrogens with zero attached hydrogens (tertiary/aromatic N) is 1. The lowest BCUT2D eigenvalue weighted by Crippen LogP contribution is -2.28. The largest absolute Gasteiger partial charge is 0.433 e. The first-order valence-corrected chi connectivity index (χ1v) is 6.17. The lowest BCUT2D eigenvalue weighted by molar-refractivity contribution is -0.141. The number of rotatable bonds is 7. The third-order valence-electron chi connectivity index (χ3n) is 2.52. The fourth-order valence-corrected chi connectivity index (χ4v) is 1.47. The maximum atomic E-state index is 12.5. The van der Waals surface area contributed by atoms with E-state index in [1.54, 1.807) is 0 Å². The lowest BCUT2D eigenvalue weighted by Gasteiger charge is -2.12. The lowest BCUT2D eigenvalue weighted by atomic mass is 10.2. The monoisotopic (exact) mass is 306 g/mol. The summed E-state index contributed by atoms with van der Waals surface area (Å²) in [5.41, 5.74) is 4.69. The topological polar surface area (TPSA) is 89.3 Å². The quantitative estimate of drug-likeness (QED) is 0.660. The molecule has 4 N–H and O–H groups in total. The molecule has 118 valence electrons. The van der Waals surface area contributed by atoms with Crippen LogP contribution in [-0.4, -0.2) is 37.7 Å². The summed E-state index contributed by atoms with van der Waals surface area (Å²) in [6, 6.07) is 0.818. The molecule has 9 heteroatoms. The van der Waals surface area contributed by atoms with Gasteiger partial charge in [-0.1, -0.05) is 0 Å². The first kappa shape index (κ1) is 17.0. The van der Waals surface area contributed by atoms with Crippen LogP contribution in [0.5, 0.6) is 0 Å². The van der Waals surface area contributed by atoms with E-state index in [0.717, 1.165) is 12.3 Å². The zero-order chi connectivity index (χ0) is 15.9. The molecular formula is C12H17F3N4O2. The number of nitrogens with one attached hydrogen (secondary N) is 2. The maximum absolute atomic E-state index is 12.5. The molecule has 21 heavy (non-hydrogen) atoms. The van der Waals surface area contributed by atoms with Gasteiger partial charge in [0.2, 0.25) is 5.91 Å². The number of carbonyl (C=O) groups is 1. The van der Waals surface area contributed by atoms with E-state index in [2.05, 4.69) is 15.6 Å². The van der Waals surface area contributed by atoms with Gasteiger partial charge in [-0.3, -0.25) is 4.79 Å². The summed E-state index contributed by atoms with van der Waals surface area (Å²) >= 11 is 0. The zero-order valence-electron chi connectivity index (χ0n) is 11.5. The summed E-state index contributed by atoms with van der Waals surface area (Å²) in [7, 11) is 1.51. The molecule has 0 bridgehead atoms. The highest BCUT2D eigenvalue weighted by Gasteiger charge is 2.32. The minimum atomic E-state index is -4.54. The Morgan fingerprint density at radius 1 is 1.43 bits per heavy atom. The number of hydrogen-bond acceptors (Lipinski definition) is 5. The molecule has 0 aliphatic rings. The predicted octanol–water partition coefficient (Wildman–Crippen LogP) is 1.25. The zero-order valence-corrected chi connectivity index (χ0v) is 11.5. The second-order valence-corrected chi connectivity index (χ2v) is 4.17. The average molecular weight is 306 g/mol. The van der Waals surface area contributed by atoms with Gasteiger partial charge in [-0.15, -0.1) is 0 Å². The first-order chi connectivity index (χ1) is 9.84. The predicted molar refractivity (Wildman–Crippen MR) is 71.6 cm³/mol. The van der Waals surface area contributed by atoms with Gasteiger partial charge in [0.1, 0.15) is 5.69 Å². The Morgan fingerprint density at radius 3 is 2.76 bits per heavy atom. The van der Waals surface area contributed by atoms with Crippen molar-refractivity contribution in [1.82, 2.24) is 10.3 Å². The second kappa shape index (κ2) is 7.67. The second-order valence-electron chi connectivity index (χ2n) is 4.17. The molecule has 1 amide bonds. The van der Waals surface area contributed by atoms with E-state index in [-0.39, 0.29) is 30.2 Å². The number of aromatic nitrogens is 1. The van der Waals surface area contributed by atoms with Gasteiger partial charge in [0.25, 0.3) is 0 Å². The molecule has 0 atom stereocenters. The van der Waals surface area contributed by atoms with Crippen LogP contribution in [0.1, 0.15) is 12.1 Å². The Balaban J connectivity index is 2.50. The van der Waals surface area contributed by atoms with Crippen LogP contribution in [0.15, 0.2) is 12.3 Å². The van der Waals surface area contributed by atoms with Gasteiger partial charge in [0.15, 0.2) is 0 Å². The third-order valence-corrected chi connectivity index (χ3v) is 2.52. The number of ether oxygens (including phenoxy) is 1. The normalized spacial score (nSPS) is 11.2. The van der Waals surface area contributed by atoms with Gasteiger partial charge in [0.05, 0.1) is 24.2 Å². The van der Waals surface area contributed by atoms with E-state index < -0.39 is 11.9 Å². The third kappa shape index (κ3) is 5.86. The summed E-state index contributed by atoms with van der Waals surface area (Å²) in [5.74, 6) is -0.233. The minimum absolute atomic E-state index is 0.0859. The van der Waals surface area contributed by atoms with Crippen LogP contribution < -0.4 is 16.4 Å². The molecule has 0 aromatic carbocycles. The Labute approximate surface area is 119 Å². The molecule has 0 radical (unpaired) electrons. The molecule has 0 aliphatic carbocycles. The number of anilines is 2. The molecule has 0 spiro atoms. The molecule has 0 saturated carbocycles. The summed E-state index contributed by atoms with van der Waals surface area (Å²) in [6.07, 6.45) is -3.50. The number of hydrogen-bond donors (Lipinski definition) is 3. The SMILES string of the molecule is COCCNC(=O)CCNc1cc(C(F)(F)F)ncc1N. The van der Waals surface area contributed by atoms with E-state index in [9.17, 15) is 18.0 Å². The van der Waals surface area contributed by atoms with Crippen LogP contribution >= 0.6 is 0 Å². The van der Waals surface area contributed by atoms with Crippen molar-refractivity contribution < 1.29 is 22.7 Å². The van der Waals surface area contributed by atoms with Crippen LogP contribution in [0.25, 0.3) is 0 Å². The fraction of sp³-hybridized carbons (Fsp3) is 0.500. The van der Waals surface area contributed by atoms with E-state index in [1.807, 2.05) is 0 Å². The summed E-state index contributed by atoms with van der Waals surface area (Å²) < 4.78 is 42.3. The van der Waals surface area contributed by atoms with Crippen molar-refractivity contribution in [3.63, 3.8) is 0 Å². The summed E-state index contributed by atoms with van der Waals surface area (Å²) in [6.45, 7) is 0.931. The Kier molecular flexibility index (Phi) is 6.22. The molecule has 1 aromatic rings. The molecule has 0 fully saturated rings. The van der Waals surface area contributed by atoms with Crippen molar-refractivity contribution >= 4 is 17.3 Å². The fourth-order valence-electron chi connectivity index (χ4n) is 1.47. The summed E-state index contributed by atoms with van der Waals surface area (Å²) in [4.78, 5) is 14.6. The van der Waals surface area contributed by atoms with E-state index in [0.29, 0.717) is 13.2 Å². The number of nitrogen functional groups attached to an aromatic ring is 1. The van der Waals surface area contributed by atoms with Crippen LogP contribution in [0.3, 0.4) is 0 Å². The Bertz CT molecular complexity index is 480. The number of alkyl halides is 3. The first-order valence-electron chi connectivity index (χ1n) is 6.17. The van der Waals surface area contributed by atoms with Crippen LogP contribution in [0.4, 0.5) is 24.5 Å². The van der Waals surface area contributed by atoms with Gasteiger partial charge >= 0.3 is 6.18 Å². The molecule has 0 aliphatic heterocycles. The molecule has 1 aromatic heterocycles. The van der Waals surface area contributed by atoms with Crippen molar-refractivity contribution in [1.29, 1.82) is 0 Å². The molecular weight excluding hydrogens is 289 g/mol. The van der Waals surface area contributed by atoms with E-state index in [4.69, 9.17) is 10.5 Å². The smallest absolute Gasteiger partial charge is 0.396 e. The van der Waals surface area contributed by atoms with Gasteiger partial charge in [-0.05, 0) is 6.07 Å². The number of pyridine rings is 1. The minimum Gasteiger partial charge on any atom is -0.396 e. The maximum Gasteiger partial charge on any atom is 0.433 e. The van der Waals surface area contributed by atoms with Gasteiger partial charge in [-0.2, -0.15) is 13.2 Å². The van der Waals surface area contributed by atoms with Crippen molar-refractivity contribution in [2.45, 2.75) is 12.6 Å². The van der Waals surface area contributed by atoms with E-state index >= 15 is 0 Å². The number of amides is 1. The van der Waals surface area contributed by atoms with Crippen molar-refractivity contribution in [3.05, 3.63) is 18.0 Å². The van der Waals surface area contributed by atoms with E-state index in [1.165, 1.54) is 7.11 Å². The number of carbonyl (C=O) groups excluding carboxylic acids is 1. The van der Waals surface area contributed by atoms with Crippen LogP contribution in [-0.2, 0) is 15.7 Å². The molecule has 0 unspecified atom stereocenters. The van der Waals surface area contributed by atoms with Crippen molar-refractivity contribution in [2.24, 2.45) is 0 Å². The highest BCUT2D eigenvalue weighted by molar-refractivity contribution is 5.76. The number of halogens is 3. The molecule has 6 nitrogen and oxygen atoms in total. The van der Waals surface area contributed by atoms with Crippen LogP contribution in [0, 0.1) is 0 Å². The highest BCUT2D eigenvalue weighted by atomic mass is 19.4.